The van der Waals surface area contributed by atoms with Crippen molar-refractivity contribution in [2.45, 2.75) is 129 Å². The van der Waals surface area contributed by atoms with Gasteiger partial charge in [-0.3, -0.25) is 0 Å². The summed E-state index contributed by atoms with van der Waals surface area (Å²) in [4.78, 5) is 8.09. The van der Waals surface area contributed by atoms with Gasteiger partial charge >= 0.3 is 0 Å². The van der Waals surface area contributed by atoms with Crippen molar-refractivity contribution >= 4 is 122 Å². The molecular formula is C68H66BN3OS. The van der Waals surface area contributed by atoms with Gasteiger partial charge in [-0.1, -0.05) is 155 Å². The van der Waals surface area contributed by atoms with E-state index in [0.29, 0.717) is 0 Å². The Kier molecular flexibility index (Phi) is 9.55. The van der Waals surface area contributed by atoms with E-state index < -0.39 is 0 Å². The van der Waals surface area contributed by atoms with E-state index in [1.165, 1.54) is 111 Å². The lowest BCUT2D eigenvalue weighted by Crippen LogP contribution is -2.61. The van der Waals surface area contributed by atoms with E-state index in [1.54, 1.807) is 0 Å². The molecule has 6 heteroatoms. The zero-order valence-electron chi connectivity index (χ0n) is 45.0. The first-order valence-corrected chi connectivity index (χ1v) is 28.0. The molecule has 5 heterocycles. The standard InChI is InChI=1S/C68H66BN3OS/c1-64(2,3)41-24-30-54-51(34-41)67(10)32-16-17-33-68(67,11)72(54)46-38-57-63-58(39-46)71(45-25-27-48-47-18-12-14-20-59(47)73-60(48)40-45)56-36-43(66(7,8)9)23-29-53(56)69(63)52-28-22-42(65(4,5)6)35-55(52)70(57)44-26-31-62-50(37-44)49-19-13-15-21-61(49)74-62/h12-15,18-31,34-40H,16-17,32-33H2,1-11H3. The molecule has 2 atom stereocenters. The molecule has 10 aromatic rings. The summed E-state index contributed by atoms with van der Waals surface area (Å²) in [6.07, 6.45) is 4.73. The quantitative estimate of drug-likeness (QED) is 0.165. The van der Waals surface area contributed by atoms with E-state index in [1.807, 2.05) is 11.3 Å². The van der Waals surface area contributed by atoms with Crippen LogP contribution in [0.4, 0.5) is 45.5 Å². The fourth-order valence-electron chi connectivity index (χ4n) is 13.9. The van der Waals surface area contributed by atoms with Gasteiger partial charge in [0.1, 0.15) is 11.2 Å². The van der Waals surface area contributed by atoms with Crippen LogP contribution < -0.4 is 31.1 Å². The number of benzene rings is 8. The third-order valence-electron chi connectivity index (χ3n) is 18.3. The molecule has 8 aromatic carbocycles. The predicted octanol–water partition coefficient (Wildman–Crippen LogP) is 17.7. The van der Waals surface area contributed by atoms with Gasteiger partial charge in [0.05, 0.1) is 5.54 Å². The molecule has 0 radical (unpaired) electrons. The van der Waals surface area contributed by atoms with Gasteiger partial charge in [-0.25, -0.2) is 0 Å². The van der Waals surface area contributed by atoms with Crippen LogP contribution in [-0.4, -0.2) is 12.3 Å². The van der Waals surface area contributed by atoms with Crippen molar-refractivity contribution in [3.8, 4) is 0 Å². The molecule has 2 aromatic heterocycles. The van der Waals surface area contributed by atoms with Crippen LogP contribution in [0.25, 0.3) is 42.1 Å². The summed E-state index contributed by atoms with van der Waals surface area (Å²) >= 11 is 1.89. The average Bonchev–Trinajstić information content (AvgIpc) is 4.01. The lowest BCUT2D eigenvalue weighted by Gasteiger charge is -2.51. The highest BCUT2D eigenvalue weighted by molar-refractivity contribution is 7.25. The molecule has 4 nitrogen and oxygen atoms in total. The van der Waals surface area contributed by atoms with Crippen molar-refractivity contribution < 1.29 is 4.42 Å². The first kappa shape index (κ1) is 45.8. The second-order valence-electron chi connectivity index (χ2n) is 25.7. The van der Waals surface area contributed by atoms with Gasteiger partial charge in [-0.2, -0.15) is 0 Å². The number of thiophene rings is 1. The Morgan fingerprint density at radius 3 is 1.69 bits per heavy atom. The van der Waals surface area contributed by atoms with Crippen molar-refractivity contribution in [3.63, 3.8) is 0 Å². The number of hydrogen-bond donors (Lipinski definition) is 0. The molecule has 0 saturated heterocycles. The molecule has 2 unspecified atom stereocenters. The van der Waals surface area contributed by atoms with Crippen LogP contribution in [0.3, 0.4) is 0 Å². The van der Waals surface area contributed by atoms with E-state index in [-0.39, 0.29) is 33.9 Å². The summed E-state index contributed by atoms with van der Waals surface area (Å²) in [5.74, 6) is 0. The second-order valence-corrected chi connectivity index (χ2v) is 26.8. The summed E-state index contributed by atoms with van der Waals surface area (Å²) in [6.45, 7) is 26.4. The molecule has 1 aliphatic carbocycles. The highest BCUT2D eigenvalue weighted by Crippen LogP contribution is 2.62. The van der Waals surface area contributed by atoms with Crippen LogP contribution >= 0.6 is 11.3 Å². The molecule has 4 aliphatic rings. The Hall–Kier alpha value is -6.76. The predicted molar refractivity (Wildman–Crippen MR) is 320 cm³/mol. The fourth-order valence-corrected chi connectivity index (χ4v) is 15.0. The lowest BCUT2D eigenvalue weighted by atomic mass is 9.33. The maximum absolute atomic E-state index is 6.75. The van der Waals surface area contributed by atoms with Crippen LogP contribution in [0, 0.1) is 0 Å². The zero-order valence-corrected chi connectivity index (χ0v) is 45.8. The number of furan rings is 1. The molecule has 0 spiro atoms. The number of anilines is 8. The van der Waals surface area contributed by atoms with E-state index in [4.69, 9.17) is 4.42 Å². The van der Waals surface area contributed by atoms with Gasteiger partial charge in [0, 0.05) is 87.9 Å². The molecule has 14 rings (SSSR count). The van der Waals surface area contributed by atoms with Crippen molar-refractivity contribution in [2.24, 2.45) is 0 Å². The van der Waals surface area contributed by atoms with E-state index >= 15 is 0 Å². The third-order valence-corrected chi connectivity index (χ3v) is 19.4. The average molecular weight is 984 g/mol. The number of rotatable bonds is 3. The fraction of sp³-hybridized carbons (Fsp3) is 0.294. The Bertz CT molecular complexity index is 4010. The van der Waals surface area contributed by atoms with E-state index in [0.717, 1.165) is 40.5 Å². The number of nitrogens with zero attached hydrogens (tertiary/aromatic N) is 3. The number of para-hydroxylation sites is 1. The van der Waals surface area contributed by atoms with Gasteiger partial charge in [0.25, 0.3) is 6.71 Å². The van der Waals surface area contributed by atoms with Crippen LogP contribution in [0.2, 0.25) is 0 Å². The Morgan fingerprint density at radius 1 is 0.459 bits per heavy atom. The summed E-state index contributed by atoms with van der Waals surface area (Å²) in [5, 5.41) is 4.90. The van der Waals surface area contributed by atoms with Gasteiger partial charge < -0.3 is 19.1 Å². The lowest BCUT2D eigenvalue weighted by molar-refractivity contribution is 0.195. The van der Waals surface area contributed by atoms with Gasteiger partial charge in [0.2, 0.25) is 0 Å². The van der Waals surface area contributed by atoms with Crippen LogP contribution in [0.5, 0.6) is 0 Å². The Morgan fingerprint density at radius 2 is 1.01 bits per heavy atom. The van der Waals surface area contributed by atoms with Crippen molar-refractivity contribution in [1.82, 2.24) is 0 Å². The maximum Gasteiger partial charge on any atom is 0.252 e. The largest absolute Gasteiger partial charge is 0.456 e. The maximum atomic E-state index is 6.75. The van der Waals surface area contributed by atoms with Gasteiger partial charge in [-0.05, 0) is 147 Å². The minimum Gasteiger partial charge on any atom is -0.456 e. The minimum atomic E-state index is -0.167. The van der Waals surface area contributed by atoms with Crippen molar-refractivity contribution in [2.75, 3.05) is 14.7 Å². The normalized spacial score (nSPS) is 19.3. The smallest absolute Gasteiger partial charge is 0.252 e. The zero-order chi connectivity index (χ0) is 51.0. The first-order chi connectivity index (χ1) is 35.3. The monoisotopic (exact) mass is 984 g/mol. The van der Waals surface area contributed by atoms with Crippen molar-refractivity contribution in [3.05, 3.63) is 174 Å². The molecule has 0 amide bonds. The second kappa shape index (κ2) is 15.4. The molecule has 0 bridgehead atoms. The summed E-state index contributed by atoms with van der Waals surface area (Å²) in [5.41, 5.74) is 20.8. The molecule has 368 valence electrons. The van der Waals surface area contributed by atoms with Gasteiger partial charge in [-0.15, -0.1) is 11.3 Å². The topological polar surface area (TPSA) is 22.9 Å². The Labute approximate surface area is 441 Å². The summed E-state index contributed by atoms with van der Waals surface area (Å²) in [7, 11) is 0. The number of hydrogen-bond acceptors (Lipinski definition) is 5. The minimum absolute atomic E-state index is 0.0223. The third kappa shape index (κ3) is 6.46. The molecule has 3 aliphatic heterocycles. The first-order valence-electron chi connectivity index (χ1n) is 27.2. The van der Waals surface area contributed by atoms with Crippen LogP contribution in [-0.2, 0) is 21.7 Å². The van der Waals surface area contributed by atoms with Crippen LogP contribution in [0.1, 0.15) is 124 Å². The molecule has 1 saturated carbocycles. The SMILES string of the molecule is CC(C)(C)c1ccc2c(c1)N(c1ccc3c(c1)oc1ccccc13)c1cc(N3c4ccc(C(C)(C)C)cc4C4(C)CCCCC34C)cc3c1B2c1ccc(C(C)(C)C)cc1N3c1ccc2sc3ccccc3c2c1. The van der Waals surface area contributed by atoms with E-state index in [9.17, 15) is 0 Å². The highest BCUT2D eigenvalue weighted by atomic mass is 32.1. The highest BCUT2D eigenvalue weighted by Gasteiger charge is 2.58. The van der Waals surface area contributed by atoms with Gasteiger partial charge in [0.15, 0.2) is 0 Å². The molecular weight excluding hydrogens is 918 g/mol. The molecule has 0 N–H and O–H groups in total. The molecule has 1 fully saturated rings. The summed E-state index contributed by atoms with van der Waals surface area (Å²) < 4.78 is 9.39. The number of fused-ring (bicyclic) bond motifs is 13. The summed E-state index contributed by atoms with van der Waals surface area (Å²) in [6, 6.07) is 59.1. The van der Waals surface area contributed by atoms with Crippen molar-refractivity contribution in [1.29, 1.82) is 0 Å². The van der Waals surface area contributed by atoms with E-state index in [2.05, 4.69) is 243 Å². The Balaban J connectivity index is 1.12. The molecule has 74 heavy (non-hydrogen) atoms. The van der Waals surface area contributed by atoms with Crippen LogP contribution in [0.15, 0.2) is 156 Å².